The van der Waals surface area contributed by atoms with Crippen molar-refractivity contribution in [1.82, 2.24) is 40.4 Å². The van der Waals surface area contributed by atoms with E-state index in [1.165, 1.54) is 14.2 Å². The van der Waals surface area contributed by atoms with Crippen molar-refractivity contribution in [2.75, 3.05) is 54.7 Å². The van der Waals surface area contributed by atoms with Gasteiger partial charge in [-0.1, -0.05) is 58.7 Å². The minimum absolute atomic E-state index is 0.0914. The number of likely N-dealkylation sites (tertiary alicyclic amines) is 2. The Morgan fingerprint density at radius 2 is 1.38 bits per heavy atom. The van der Waals surface area contributed by atoms with Crippen LogP contribution in [0.15, 0.2) is 48.7 Å². The second-order valence-electron chi connectivity index (χ2n) is 18.1. The van der Waals surface area contributed by atoms with Crippen LogP contribution in [0.3, 0.4) is 0 Å². The predicted molar refractivity (Wildman–Crippen MR) is 247 cm³/mol. The van der Waals surface area contributed by atoms with Crippen molar-refractivity contribution in [2.24, 2.45) is 23.7 Å². The summed E-state index contributed by atoms with van der Waals surface area (Å²) in [6.07, 6.45) is 3.23. The molecule has 2 fully saturated rings. The Morgan fingerprint density at radius 1 is 0.773 bits per heavy atom. The van der Waals surface area contributed by atoms with Crippen LogP contribution in [-0.2, 0) is 35.1 Å². The van der Waals surface area contributed by atoms with E-state index in [0.29, 0.717) is 70.2 Å². The third kappa shape index (κ3) is 9.02. The molecule has 17 heteroatoms. The van der Waals surface area contributed by atoms with Gasteiger partial charge in [0.25, 0.3) is 0 Å². The number of fused-ring (bicyclic) bond motifs is 6. The number of aromatic amines is 2. The molecule has 2 saturated heterocycles. The zero-order chi connectivity index (χ0) is 46.8. The summed E-state index contributed by atoms with van der Waals surface area (Å²) in [6, 6.07) is 12.4. The van der Waals surface area contributed by atoms with Gasteiger partial charge in [0.05, 0.1) is 62.4 Å². The number of aromatic nitrogens is 4. The van der Waals surface area contributed by atoms with E-state index in [0.717, 1.165) is 55.5 Å². The lowest BCUT2D eigenvalue weighted by Crippen LogP contribution is -2.51. The molecular formula is C49H62N8O9. The standard InChI is InChI=1S/C49H62N8O9/c1-9-26(3)41(54-48(60)64-7)46(58)56-21-28(23-62-5)15-38(56)44-50-20-37(52-44)31-11-13-33-32(17-31)25-66-40-19-34-30(18-35(33)40)12-14-36-43(34)53-45(51-36)39-16-29(24-63-6)22-57(39)47(59)42(27(4)10-2)55-49(61)65-8/h11-14,17-20,26-29,38-39,41-42H,9-10,15-16,21-25H2,1-8H3,(H,50,52)(H,51,53)(H,54,60)(H,55,61)/t26-,27-,28-,29-,38-,39-,41-,42-/m0/s1. The molecule has 5 heterocycles. The first-order valence-corrected chi connectivity index (χ1v) is 22.9. The molecule has 4 N–H and O–H groups in total. The number of ether oxygens (including phenoxy) is 5. The Kier molecular flexibility index (Phi) is 13.8. The van der Waals surface area contributed by atoms with E-state index in [1.807, 2.05) is 43.6 Å². The molecule has 4 amide bonds. The van der Waals surface area contributed by atoms with Crippen molar-refractivity contribution >= 4 is 45.8 Å². The molecule has 3 aliphatic rings. The molecule has 8 rings (SSSR count). The van der Waals surface area contributed by atoms with Gasteiger partial charge < -0.3 is 54.1 Å². The van der Waals surface area contributed by atoms with Crippen LogP contribution >= 0.6 is 0 Å². The highest BCUT2D eigenvalue weighted by molar-refractivity contribution is 6.07. The normalized spacial score (nSPS) is 20.8. The fourth-order valence-corrected chi connectivity index (χ4v) is 9.94. The number of nitrogens with zero attached hydrogens (tertiary/aromatic N) is 4. The lowest BCUT2D eigenvalue weighted by Gasteiger charge is -2.31. The number of rotatable bonds is 15. The molecule has 66 heavy (non-hydrogen) atoms. The summed E-state index contributed by atoms with van der Waals surface area (Å²) in [6.45, 7) is 10.2. The van der Waals surface area contributed by atoms with Gasteiger partial charge in [-0.15, -0.1) is 0 Å². The highest BCUT2D eigenvalue weighted by atomic mass is 16.5. The zero-order valence-electron chi connectivity index (χ0n) is 39.1. The number of hydrogen-bond donors (Lipinski definition) is 4. The third-order valence-corrected chi connectivity index (χ3v) is 13.9. The van der Waals surface area contributed by atoms with Gasteiger partial charge in [0.15, 0.2) is 0 Å². The first kappa shape index (κ1) is 46.3. The molecule has 0 bridgehead atoms. The Balaban J connectivity index is 1.06. The maximum atomic E-state index is 14.2. The van der Waals surface area contributed by atoms with Crippen molar-refractivity contribution in [3.63, 3.8) is 0 Å². The van der Waals surface area contributed by atoms with E-state index in [-0.39, 0.29) is 47.6 Å². The highest BCUT2D eigenvalue weighted by Gasteiger charge is 2.43. The largest absolute Gasteiger partial charge is 0.488 e. The fourth-order valence-electron chi connectivity index (χ4n) is 9.94. The summed E-state index contributed by atoms with van der Waals surface area (Å²) >= 11 is 0. The van der Waals surface area contributed by atoms with Crippen molar-refractivity contribution in [2.45, 2.75) is 84.2 Å². The average Bonchev–Trinajstić information content (AvgIpc) is 4.17. The molecule has 5 aromatic rings. The van der Waals surface area contributed by atoms with E-state index in [1.54, 1.807) is 20.4 Å². The Bertz CT molecular complexity index is 2590. The van der Waals surface area contributed by atoms with Crippen LogP contribution < -0.4 is 15.4 Å². The summed E-state index contributed by atoms with van der Waals surface area (Å²) in [5.74, 6) is 1.71. The topological polar surface area (TPSA) is 202 Å². The minimum atomic E-state index is -0.753. The van der Waals surface area contributed by atoms with E-state index in [2.05, 4.69) is 57.0 Å². The average molecular weight is 907 g/mol. The lowest BCUT2D eigenvalue weighted by atomic mass is 9.92. The highest BCUT2D eigenvalue weighted by Crippen LogP contribution is 2.44. The molecule has 0 aliphatic carbocycles. The number of carbonyl (C=O) groups excluding carboxylic acids is 4. The number of H-pyrrole nitrogens is 2. The van der Waals surface area contributed by atoms with Crippen molar-refractivity contribution in [1.29, 1.82) is 0 Å². The SMILES string of the molecule is CC[C@H](C)[C@H](NC(=O)OC)C(=O)N1C[C@@H](COC)C[C@H]1c1ncc(-c2ccc3c(c2)COc2cc4c(ccc5[nH]c([C@@H]6C[C@H](COC)CN6C(=O)[C@@H](NC(=O)OC)[C@@H](C)CC)nc54)cc2-3)[nH]1. The Hall–Kier alpha value is -6.20. The van der Waals surface area contributed by atoms with Crippen LogP contribution in [0.25, 0.3) is 44.2 Å². The molecular weight excluding hydrogens is 845 g/mol. The second kappa shape index (κ2) is 19.7. The van der Waals surface area contributed by atoms with Gasteiger partial charge >= 0.3 is 12.2 Å². The van der Waals surface area contributed by atoms with Gasteiger partial charge in [0, 0.05) is 50.1 Å². The Labute approximate surface area is 384 Å². The predicted octanol–water partition coefficient (Wildman–Crippen LogP) is 7.28. The fraction of sp³-hybridized carbons (Fsp3) is 0.510. The van der Waals surface area contributed by atoms with Gasteiger partial charge in [-0.2, -0.15) is 0 Å². The van der Waals surface area contributed by atoms with Crippen molar-refractivity contribution in [3.8, 4) is 28.1 Å². The summed E-state index contributed by atoms with van der Waals surface area (Å²) in [5, 5.41) is 7.48. The van der Waals surface area contributed by atoms with E-state index < -0.39 is 24.3 Å². The minimum Gasteiger partial charge on any atom is -0.488 e. The van der Waals surface area contributed by atoms with Crippen LogP contribution in [0.1, 0.15) is 82.7 Å². The summed E-state index contributed by atoms with van der Waals surface area (Å²) in [5.41, 5.74) is 6.44. The van der Waals surface area contributed by atoms with Crippen LogP contribution in [0, 0.1) is 23.7 Å². The number of amides is 4. The summed E-state index contributed by atoms with van der Waals surface area (Å²) < 4.78 is 27.3. The van der Waals surface area contributed by atoms with Crippen LogP contribution in [0.4, 0.5) is 9.59 Å². The van der Waals surface area contributed by atoms with E-state index in [4.69, 9.17) is 33.7 Å². The quantitative estimate of drug-likeness (QED) is 0.0823. The summed E-state index contributed by atoms with van der Waals surface area (Å²) in [4.78, 5) is 73.7. The molecule has 2 aromatic heterocycles. The number of benzene rings is 3. The first-order valence-electron chi connectivity index (χ1n) is 22.9. The number of carbonyl (C=O) groups is 4. The number of alkyl carbamates (subject to hydrolysis) is 2. The van der Waals surface area contributed by atoms with Gasteiger partial charge in [-0.05, 0) is 71.0 Å². The smallest absolute Gasteiger partial charge is 0.407 e. The van der Waals surface area contributed by atoms with E-state index in [9.17, 15) is 19.2 Å². The van der Waals surface area contributed by atoms with Crippen LogP contribution in [0.5, 0.6) is 5.75 Å². The van der Waals surface area contributed by atoms with Crippen molar-refractivity contribution < 1.29 is 42.9 Å². The van der Waals surface area contributed by atoms with Gasteiger partial charge in [0.2, 0.25) is 11.8 Å². The molecule has 3 aliphatic heterocycles. The third-order valence-electron chi connectivity index (χ3n) is 13.9. The molecule has 3 aromatic carbocycles. The van der Waals surface area contributed by atoms with E-state index >= 15 is 0 Å². The monoisotopic (exact) mass is 906 g/mol. The molecule has 0 spiro atoms. The molecule has 8 atom stereocenters. The van der Waals surface area contributed by atoms with Crippen LogP contribution in [0.2, 0.25) is 0 Å². The number of hydrogen-bond acceptors (Lipinski definition) is 11. The van der Waals surface area contributed by atoms with Gasteiger partial charge in [0.1, 0.15) is 36.1 Å². The molecule has 0 saturated carbocycles. The molecule has 0 radical (unpaired) electrons. The van der Waals surface area contributed by atoms with Gasteiger partial charge in [-0.3, -0.25) is 9.59 Å². The zero-order valence-corrected chi connectivity index (χ0v) is 39.1. The van der Waals surface area contributed by atoms with Gasteiger partial charge in [-0.25, -0.2) is 19.6 Å². The second-order valence-corrected chi connectivity index (χ2v) is 18.1. The maximum Gasteiger partial charge on any atom is 0.407 e. The number of methoxy groups -OCH3 is 4. The van der Waals surface area contributed by atoms with Crippen LogP contribution in [-0.4, -0.2) is 121 Å². The maximum absolute atomic E-state index is 14.2. The molecule has 17 nitrogen and oxygen atoms in total. The summed E-state index contributed by atoms with van der Waals surface area (Å²) in [7, 11) is 5.91. The number of nitrogens with one attached hydrogen (secondary N) is 4. The molecule has 0 unspecified atom stereocenters. The van der Waals surface area contributed by atoms with Crippen molar-refractivity contribution in [3.05, 3.63) is 65.9 Å². The first-order chi connectivity index (χ1) is 31.9. The Morgan fingerprint density at radius 3 is 1.95 bits per heavy atom. The number of imidazole rings is 2. The molecule has 352 valence electrons. The lowest BCUT2D eigenvalue weighted by molar-refractivity contribution is -0.136.